The maximum atomic E-state index is 12.4. The standard InChI is InChI=1S/C20H24N2O4S/c1-22(27(2,24)25)17-11-7-15(8-12-17)20(23)21-16-9-13-19(14-10-16)26-18-5-3-4-6-18/h7-14,18H,3-6H2,1-2H3,(H,21,23). The number of amides is 1. The molecule has 7 heteroatoms. The molecule has 1 aliphatic rings. The first-order valence-corrected chi connectivity index (χ1v) is 10.8. The fourth-order valence-electron chi connectivity index (χ4n) is 3.03. The Hall–Kier alpha value is -2.54. The Bertz CT molecular complexity index is 887. The van der Waals surface area contributed by atoms with E-state index in [1.807, 2.05) is 24.3 Å². The monoisotopic (exact) mass is 388 g/mol. The molecule has 1 saturated carbocycles. The van der Waals surface area contributed by atoms with Gasteiger partial charge >= 0.3 is 0 Å². The van der Waals surface area contributed by atoms with E-state index in [4.69, 9.17) is 4.74 Å². The van der Waals surface area contributed by atoms with Crippen molar-refractivity contribution in [2.45, 2.75) is 31.8 Å². The Morgan fingerprint density at radius 2 is 1.63 bits per heavy atom. The first-order valence-electron chi connectivity index (χ1n) is 8.95. The number of hydrogen-bond acceptors (Lipinski definition) is 4. The summed E-state index contributed by atoms with van der Waals surface area (Å²) in [5.41, 5.74) is 1.63. The van der Waals surface area contributed by atoms with Crippen molar-refractivity contribution < 1.29 is 17.9 Å². The van der Waals surface area contributed by atoms with E-state index in [0.29, 0.717) is 23.0 Å². The summed E-state index contributed by atoms with van der Waals surface area (Å²) in [5.74, 6) is 0.557. The molecule has 1 fully saturated rings. The first kappa shape index (κ1) is 19.2. The van der Waals surface area contributed by atoms with Crippen LogP contribution in [0.3, 0.4) is 0 Å². The number of carbonyl (C=O) groups excluding carboxylic acids is 1. The van der Waals surface area contributed by atoms with Crippen molar-refractivity contribution in [3.63, 3.8) is 0 Å². The second-order valence-electron chi connectivity index (χ2n) is 6.78. The number of anilines is 2. The highest BCUT2D eigenvalue weighted by Crippen LogP contribution is 2.25. The molecule has 0 aromatic heterocycles. The lowest BCUT2D eigenvalue weighted by molar-refractivity contribution is 0.102. The molecule has 1 amide bonds. The topological polar surface area (TPSA) is 75.7 Å². The van der Waals surface area contributed by atoms with Gasteiger partial charge in [0, 0.05) is 18.3 Å². The number of sulfonamides is 1. The summed E-state index contributed by atoms with van der Waals surface area (Å²) in [6.45, 7) is 0. The summed E-state index contributed by atoms with van der Waals surface area (Å²) in [5, 5.41) is 2.83. The lowest BCUT2D eigenvalue weighted by atomic mass is 10.2. The fraction of sp³-hybridized carbons (Fsp3) is 0.350. The van der Waals surface area contributed by atoms with E-state index in [1.54, 1.807) is 24.3 Å². The van der Waals surface area contributed by atoms with Crippen molar-refractivity contribution >= 4 is 27.3 Å². The molecule has 144 valence electrons. The van der Waals surface area contributed by atoms with Gasteiger partial charge in [-0.3, -0.25) is 9.10 Å². The molecule has 0 saturated heterocycles. The second-order valence-corrected chi connectivity index (χ2v) is 8.79. The van der Waals surface area contributed by atoms with Crippen LogP contribution >= 0.6 is 0 Å². The Kier molecular flexibility index (Phi) is 5.70. The van der Waals surface area contributed by atoms with E-state index >= 15 is 0 Å². The number of nitrogens with zero attached hydrogens (tertiary/aromatic N) is 1. The summed E-state index contributed by atoms with van der Waals surface area (Å²) >= 11 is 0. The molecule has 2 aromatic rings. The lowest BCUT2D eigenvalue weighted by Crippen LogP contribution is -2.24. The summed E-state index contributed by atoms with van der Waals surface area (Å²) in [6, 6.07) is 13.8. The van der Waals surface area contributed by atoms with Crippen LogP contribution in [0, 0.1) is 0 Å². The molecule has 0 heterocycles. The molecule has 0 radical (unpaired) electrons. The van der Waals surface area contributed by atoms with E-state index in [0.717, 1.165) is 29.2 Å². The summed E-state index contributed by atoms with van der Waals surface area (Å²) < 4.78 is 30.2. The molecule has 0 atom stereocenters. The Balaban J connectivity index is 1.61. The van der Waals surface area contributed by atoms with Crippen LogP contribution in [0.1, 0.15) is 36.0 Å². The van der Waals surface area contributed by atoms with E-state index in [-0.39, 0.29) is 5.91 Å². The first-order chi connectivity index (χ1) is 12.8. The average molecular weight is 388 g/mol. The fourth-order valence-corrected chi connectivity index (χ4v) is 3.54. The van der Waals surface area contributed by atoms with Crippen LogP contribution in [0.15, 0.2) is 48.5 Å². The minimum absolute atomic E-state index is 0.256. The van der Waals surface area contributed by atoms with Gasteiger partial charge in [0.2, 0.25) is 10.0 Å². The Morgan fingerprint density at radius 1 is 1.04 bits per heavy atom. The number of carbonyl (C=O) groups is 1. The highest BCUT2D eigenvalue weighted by Gasteiger charge is 2.16. The van der Waals surface area contributed by atoms with Gasteiger partial charge in [-0.2, -0.15) is 0 Å². The van der Waals surface area contributed by atoms with Crippen LogP contribution < -0.4 is 14.4 Å². The molecule has 0 spiro atoms. The summed E-state index contributed by atoms with van der Waals surface area (Å²) in [6.07, 6.45) is 6.07. The highest BCUT2D eigenvalue weighted by molar-refractivity contribution is 7.92. The number of benzene rings is 2. The summed E-state index contributed by atoms with van der Waals surface area (Å²) in [7, 11) is -1.86. The number of nitrogens with one attached hydrogen (secondary N) is 1. The van der Waals surface area contributed by atoms with Crippen molar-refractivity contribution in [3.05, 3.63) is 54.1 Å². The van der Waals surface area contributed by atoms with E-state index < -0.39 is 10.0 Å². The zero-order valence-corrected chi connectivity index (χ0v) is 16.3. The average Bonchev–Trinajstić information content (AvgIpc) is 3.15. The Morgan fingerprint density at radius 3 is 2.19 bits per heavy atom. The molecule has 2 aromatic carbocycles. The molecular formula is C20H24N2O4S. The smallest absolute Gasteiger partial charge is 0.255 e. The predicted molar refractivity (Wildman–Crippen MR) is 107 cm³/mol. The van der Waals surface area contributed by atoms with Gasteiger partial charge in [-0.15, -0.1) is 0 Å². The molecule has 1 aliphatic carbocycles. The summed E-state index contributed by atoms with van der Waals surface area (Å²) in [4.78, 5) is 12.4. The normalized spacial score (nSPS) is 14.7. The number of rotatable bonds is 6. The van der Waals surface area contributed by atoms with Gasteiger partial charge in [0.1, 0.15) is 5.75 Å². The van der Waals surface area contributed by atoms with Gasteiger partial charge in [0.15, 0.2) is 0 Å². The third-order valence-corrected chi connectivity index (χ3v) is 5.91. The molecule has 0 bridgehead atoms. The molecule has 3 rings (SSSR count). The number of hydrogen-bond donors (Lipinski definition) is 1. The van der Waals surface area contributed by atoms with Gasteiger partial charge < -0.3 is 10.1 Å². The van der Waals surface area contributed by atoms with Gasteiger partial charge in [-0.25, -0.2) is 8.42 Å². The Labute approximate surface area is 160 Å². The molecule has 27 heavy (non-hydrogen) atoms. The maximum absolute atomic E-state index is 12.4. The minimum atomic E-state index is -3.33. The predicted octanol–water partition coefficient (Wildman–Crippen LogP) is 3.66. The molecule has 1 N–H and O–H groups in total. The lowest BCUT2D eigenvalue weighted by Gasteiger charge is -2.16. The van der Waals surface area contributed by atoms with E-state index in [1.165, 1.54) is 19.9 Å². The van der Waals surface area contributed by atoms with Crippen LogP contribution in [-0.2, 0) is 10.0 Å². The second kappa shape index (κ2) is 8.00. The van der Waals surface area contributed by atoms with Crippen LogP contribution in [0.5, 0.6) is 5.75 Å². The van der Waals surface area contributed by atoms with Crippen molar-refractivity contribution in [2.75, 3.05) is 22.9 Å². The van der Waals surface area contributed by atoms with E-state index in [9.17, 15) is 13.2 Å². The molecule has 0 aliphatic heterocycles. The van der Waals surface area contributed by atoms with Crippen LogP contribution in [0.2, 0.25) is 0 Å². The SMILES string of the molecule is CN(c1ccc(C(=O)Nc2ccc(OC3CCCC3)cc2)cc1)S(C)(=O)=O. The maximum Gasteiger partial charge on any atom is 0.255 e. The third-order valence-electron chi connectivity index (χ3n) is 4.71. The zero-order chi connectivity index (χ0) is 19.4. The van der Waals surface area contributed by atoms with Crippen molar-refractivity contribution in [3.8, 4) is 5.75 Å². The zero-order valence-electron chi connectivity index (χ0n) is 15.5. The van der Waals surface area contributed by atoms with Crippen LogP contribution in [0.4, 0.5) is 11.4 Å². The molecular weight excluding hydrogens is 364 g/mol. The van der Waals surface area contributed by atoms with Crippen molar-refractivity contribution in [1.82, 2.24) is 0 Å². The van der Waals surface area contributed by atoms with Gasteiger partial charge in [0.25, 0.3) is 5.91 Å². The molecule has 0 unspecified atom stereocenters. The van der Waals surface area contributed by atoms with Gasteiger partial charge in [-0.1, -0.05) is 0 Å². The largest absolute Gasteiger partial charge is 0.490 e. The van der Waals surface area contributed by atoms with Crippen molar-refractivity contribution in [1.29, 1.82) is 0 Å². The van der Waals surface area contributed by atoms with Gasteiger partial charge in [0.05, 0.1) is 18.0 Å². The third kappa shape index (κ3) is 5.01. The van der Waals surface area contributed by atoms with E-state index in [2.05, 4.69) is 5.32 Å². The quantitative estimate of drug-likeness (QED) is 0.819. The van der Waals surface area contributed by atoms with Crippen molar-refractivity contribution in [2.24, 2.45) is 0 Å². The highest BCUT2D eigenvalue weighted by atomic mass is 32.2. The van der Waals surface area contributed by atoms with Crippen LogP contribution in [0.25, 0.3) is 0 Å². The van der Waals surface area contributed by atoms with Crippen LogP contribution in [-0.4, -0.2) is 33.7 Å². The van der Waals surface area contributed by atoms with Gasteiger partial charge in [-0.05, 0) is 74.2 Å². The molecule has 6 nitrogen and oxygen atoms in total. The number of ether oxygens (including phenoxy) is 1. The minimum Gasteiger partial charge on any atom is -0.490 e.